The lowest BCUT2D eigenvalue weighted by atomic mass is 9.54. The number of nitrogens with one attached hydrogen (secondary N) is 1. The van der Waals surface area contributed by atoms with Crippen LogP contribution in [0, 0.1) is 0 Å². The molecule has 0 atom stereocenters. The standard InChI is InChI=1S/C59H43BN2OS/c1-58(2,3)36-29-31-39(32-30-36)61-55-43(34-33-41-40-21-11-15-28-51(40)64-57(41)55)53-52-42-22-10-14-27-49(42)63-50(52)35-48-54(53)60-46-25-16-24-45-56(46)62(48)47-26-13-12-23-44(47)59(45,37-17-6-4-7-18-37)38-19-8-5-9-20-38/h4-35,60-61H,1-3H3. The Labute approximate surface area is 377 Å². The van der Waals surface area contributed by atoms with E-state index in [0.717, 1.165) is 46.3 Å². The molecule has 5 heteroatoms. The number of furan rings is 1. The first-order valence-corrected chi connectivity index (χ1v) is 23.1. The molecule has 11 aromatic rings. The summed E-state index contributed by atoms with van der Waals surface area (Å²) in [7, 11) is 0.756. The Morgan fingerprint density at radius 3 is 2.02 bits per heavy atom. The van der Waals surface area contributed by atoms with Crippen LogP contribution in [0.4, 0.5) is 28.4 Å². The smallest absolute Gasteiger partial charge is 0.198 e. The summed E-state index contributed by atoms with van der Waals surface area (Å²) in [6, 6.07) is 71.8. The van der Waals surface area contributed by atoms with Crippen molar-refractivity contribution in [2.45, 2.75) is 31.6 Å². The Bertz CT molecular complexity index is 3620. The average Bonchev–Trinajstić information content (AvgIpc) is 3.90. The fraction of sp³-hybridized carbons (Fsp3) is 0.0847. The van der Waals surface area contributed by atoms with Crippen LogP contribution >= 0.6 is 11.3 Å². The zero-order valence-corrected chi connectivity index (χ0v) is 36.8. The van der Waals surface area contributed by atoms with Gasteiger partial charge < -0.3 is 14.6 Å². The molecule has 2 aliphatic heterocycles. The number of nitrogens with zero attached hydrogens (tertiary/aromatic N) is 1. The van der Waals surface area contributed by atoms with Gasteiger partial charge in [-0.3, -0.25) is 0 Å². The minimum Gasteiger partial charge on any atom is -0.456 e. The van der Waals surface area contributed by atoms with Gasteiger partial charge in [-0.1, -0.05) is 184 Å². The molecule has 0 amide bonds. The molecule has 0 saturated carbocycles. The average molecular weight is 839 g/mol. The highest BCUT2D eigenvalue weighted by Gasteiger charge is 2.48. The van der Waals surface area contributed by atoms with Crippen LogP contribution in [0.25, 0.3) is 53.2 Å². The molecule has 9 aromatic carbocycles. The number of fused-ring (bicyclic) bond motifs is 10. The molecule has 0 spiro atoms. The molecular formula is C59H43BN2OS. The van der Waals surface area contributed by atoms with Crippen molar-refractivity contribution < 1.29 is 4.42 Å². The summed E-state index contributed by atoms with van der Waals surface area (Å²) in [5, 5.41) is 8.87. The summed E-state index contributed by atoms with van der Waals surface area (Å²) in [6.07, 6.45) is 0. The molecule has 3 nitrogen and oxygen atoms in total. The maximum Gasteiger partial charge on any atom is 0.198 e. The van der Waals surface area contributed by atoms with E-state index in [-0.39, 0.29) is 5.41 Å². The number of benzene rings is 9. The third kappa shape index (κ3) is 5.28. The Morgan fingerprint density at radius 2 is 1.25 bits per heavy atom. The van der Waals surface area contributed by atoms with Gasteiger partial charge in [0.1, 0.15) is 11.2 Å². The first-order valence-electron chi connectivity index (χ1n) is 22.3. The first kappa shape index (κ1) is 37.2. The van der Waals surface area contributed by atoms with E-state index in [2.05, 4.69) is 225 Å². The molecule has 13 rings (SSSR count). The quantitative estimate of drug-likeness (QED) is 0.175. The van der Waals surface area contributed by atoms with Gasteiger partial charge in [0.25, 0.3) is 0 Å². The lowest BCUT2D eigenvalue weighted by Gasteiger charge is -2.49. The van der Waals surface area contributed by atoms with Crippen LogP contribution in [0.2, 0.25) is 0 Å². The van der Waals surface area contributed by atoms with Crippen molar-refractivity contribution in [1.29, 1.82) is 0 Å². The number of para-hydroxylation sites is 3. The highest BCUT2D eigenvalue weighted by atomic mass is 32.1. The van der Waals surface area contributed by atoms with E-state index >= 15 is 0 Å². The largest absolute Gasteiger partial charge is 0.456 e. The number of hydrogen-bond donors (Lipinski definition) is 1. The van der Waals surface area contributed by atoms with Crippen LogP contribution < -0.4 is 21.1 Å². The summed E-state index contributed by atoms with van der Waals surface area (Å²) in [6.45, 7) is 6.82. The van der Waals surface area contributed by atoms with Gasteiger partial charge in [0.05, 0.1) is 21.5 Å². The van der Waals surface area contributed by atoms with Crippen molar-refractivity contribution >= 4 is 100 Å². The number of thiophene rings is 1. The maximum absolute atomic E-state index is 6.97. The molecular weight excluding hydrogens is 796 g/mol. The van der Waals surface area contributed by atoms with Crippen LogP contribution in [0.15, 0.2) is 199 Å². The zero-order chi connectivity index (χ0) is 42.7. The number of hydrogen-bond acceptors (Lipinski definition) is 4. The topological polar surface area (TPSA) is 28.4 Å². The van der Waals surface area contributed by atoms with Gasteiger partial charge in [0, 0.05) is 54.9 Å². The minimum absolute atomic E-state index is 0.0529. The molecule has 0 saturated heterocycles. The second kappa shape index (κ2) is 13.8. The van der Waals surface area contributed by atoms with E-state index in [1.807, 2.05) is 11.3 Å². The van der Waals surface area contributed by atoms with Crippen LogP contribution in [0.1, 0.15) is 48.6 Å². The maximum atomic E-state index is 6.97. The van der Waals surface area contributed by atoms with Gasteiger partial charge in [-0.15, -0.1) is 11.3 Å². The molecule has 0 unspecified atom stereocenters. The van der Waals surface area contributed by atoms with E-state index in [1.54, 1.807) is 0 Å². The number of anilines is 5. The van der Waals surface area contributed by atoms with Crippen molar-refractivity contribution in [2.75, 3.05) is 10.2 Å². The summed E-state index contributed by atoms with van der Waals surface area (Å²) in [5.41, 5.74) is 18.4. The monoisotopic (exact) mass is 838 g/mol. The Hall–Kier alpha value is -7.34. The van der Waals surface area contributed by atoms with E-state index in [0.29, 0.717) is 0 Å². The summed E-state index contributed by atoms with van der Waals surface area (Å²) >= 11 is 1.87. The van der Waals surface area contributed by atoms with Gasteiger partial charge in [-0.25, -0.2) is 0 Å². The van der Waals surface area contributed by atoms with Gasteiger partial charge in [0.2, 0.25) is 0 Å². The Kier molecular flexibility index (Phi) is 8.05. The Balaban J connectivity index is 1.13. The lowest BCUT2D eigenvalue weighted by molar-refractivity contribution is 0.590. The van der Waals surface area contributed by atoms with Crippen LogP contribution in [-0.2, 0) is 10.8 Å². The predicted molar refractivity (Wildman–Crippen MR) is 273 cm³/mol. The minimum atomic E-state index is -0.545. The fourth-order valence-electron chi connectivity index (χ4n) is 11.1. The van der Waals surface area contributed by atoms with Gasteiger partial charge in [-0.2, -0.15) is 0 Å². The lowest BCUT2D eigenvalue weighted by Crippen LogP contribution is -2.47. The van der Waals surface area contributed by atoms with E-state index in [1.165, 1.54) is 81.4 Å². The molecule has 0 bridgehead atoms. The van der Waals surface area contributed by atoms with Crippen LogP contribution in [-0.4, -0.2) is 7.28 Å². The Morgan fingerprint density at radius 1 is 0.578 bits per heavy atom. The first-order chi connectivity index (χ1) is 31.4. The second-order valence-electron chi connectivity index (χ2n) is 18.5. The molecule has 304 valence electrons. The van der Waals surface area contributed by atoms with E-state index in [4.69, 9.17) is 4.42 Å². The van der Waals surface area contributed by atoms with Gasteiger partial charge in [-0.05, 0) is 74.6 Å². The van der Waals surface area contributed by atoms with Crippen molar-refractivity contribution in [3.63, 3.8) is 0 Å². The third-order valence-electron chi connectivity index (χ3n) is 13.9. The highest BCUT2D eigenvalue weighted by Crippen LogP contribution is 2.58. The molecule has 64 heavy (non-hydrogen) atoms. The normalized spacial score (nSPS) is 13.8. The third-order valence-corrected chi connectivity index (χ3v) is 15.1. The predicted octanol–water partition coefficient (Wildman–Crippen LogP) is 14.5. The molecule has 1 N–H and O–H groups in total. The molecule has 0 aliphatic carbocycles. The van der Waals surface area contributed by atoms with E-state index in [9.17, 15) is 0 Å². The summed E-state index contributed by atoms with van der Waals surface area (Å²) in [4.78, 5) is 2.56. The molecule has 4 heterocycles. The summed E-state index contributed by atoms with van der Waals surface area (Å²) in [5.74, 6) is 0. The molecule has 0 fully saturated rings. The van der Waals surface area contributed by atoms with Crippen molar-refractivity contribution in [2.24, 2.45) is 0 Å². The van der Waals surface area contributed by atoms with Gasteiger partial charge >= 0.3 is 0 Å². The van der Waals surface area contributed by atoms with Crippen LogP contribution in [0.5, 0.6) is 0 Å². The molecule has 2 aromatic heterocycles. The molecule has 2 aliphatic rings. The summed E-state index contributed by atoms with van der Waals surface area (Å²) < 4.78 is 9.50. The van der Waals surface area contributed by atoms with Crippen molar-refractivity contribution in [1.82, 2.24) is 0 Å². The zero-order valence-electron chi connectivity index (χ0n) is 35.9. The van der Waals surface area contributed by atoms with Crippen LogP contribution in [0.3, 0.4) is 0 Å². The SMILES string of the molecule is CC(C)(C)c1ccc(Nc2c(-c3c4c(cc5oc6ccccc6c35)N3c5ccccc5C(c5ccccc5)(c5ccccc5)c5cccc(c53)B4)ccc3c2sc2ccccc23)cc1. The molecule has 0 radical (unpaired) electrons. The fourth-order valence-corrected chi connectivity index (χ4v) is 12.3. The van der Waals surface area contributed by atoms with E-state index < -0.39 is 5.41 Å². The number of rotatable bonds is 5. The van der Waals surface area contributed by atoms with Crippen molar-refractivity contribution in [3.05, 3.63) is 222 Å². The van der Waals surface area contributed by atoms with Crippen molar-refractivity contribution in [3.8, 4) is 11.1 Å². The highest BCUT2D eigenvalue weighted by molar-refractivity contribution is 7.26. The van der Waals surface area contributed by atoms with Gasteiger partial charge in [0.15, 0.2) is 7.28 Å². The second-order valence-corrected chi connectivity index (χ2v) is 19.5.